The number of carbonyl (C=O) groups excluding carboxylic acids is 1. The fourth-order valence-corrected chi connectivity index (χ4v) is 13.7. The van der Waals surface area contributed by atoms with Crippen molar-refractivity contribution in [2.24, 2.45) is 0 Å². The number of aliphatic hydroxyl groups excluding tert-OH is 11. The zero-order valence-electron chi connectivity index (χ0n) is 59.9. The van der Waals surface area contributed by atoms with Gasteiger partial charge < -0.3 is 89.9 Å². The lowest BCUT2D eigenvalue weighted by atomic mass is 9.96. The Morgan fingerprint density at radius 2 is 0.663 bits per heavy atom. The Labute approximate surface area is 576 Å². The third-order valence-electron chi connectivity index (χ3n) is 20.1. The van der Waals surface area contributed by atoms with Crippen LogP contribution in [0.4, 0.5) is 0 Å². The SMILES string of the molecule is CCCCCCCCCC/C=C\CCCCCCCCCCCCCCCC(=O)NC(COC1OC(CO)C(OC2OC(CO)C(OC3OC(CO)C(O)C(O)C3O)C(O)C2O)C(O)C1O)C(O)CCCCCCCCCCCCCCCCCCCCCCCCCCC. The fourth-order valence-electron chi connectivity index (χ4n) is 13.7. The summed E-state index contributed by atoms with van der Waals surface area (Å²) in [6, 6.07) is -0.886. The summed E-state index contributed by atoms with van der Waals surface area (Å²) in [5.74, 6) is -0.236. The molecule has 0 aromatic rings. The largest absolute Gasteiger partial charge is 0.394 e. The molecule has 17 atom stereocenters. The van der Waals surface area contributed by atoms with Crippen molar-refractivity contribution < 1.29 is 89.4 Å². The average molecular weight is 1360 g/mol. The molecule has 0 spiro atoms. The second-order valence-corrected chi connectivity index (χ2v) is 28.5. The number of aliphatic hydroxyl groups is 11. The lowest BCUT2D eigenvalue weighted by Crippen LogP contribution is -2.66. The summed E-state index contributed by atoms with van der Waals surface area (Å²) in [6.45, 7) is 1.86. The minimum atomic E-state index is -1.97. The molecule has 0 aliphatic carbocycles. The predicted molar refractivity (Wildman–Crippen MR) is 374 cm³/mol. The van der Waals surface area contributed by atoms with Gasteiger partial charge in [-0.25, -0.2) is 0 Å². The van der Waals surface area contributed by atoms with E-state index in [4.69, 9.17) is 28.4 Å². The smallest absolute Gasteiger partial charge is 0.220 e. The molecule has 19 nitrogen and oxygen atoms in total. The lowest BCUT2D eigenvalue weighted by Gasteiger charge is -2.48. The van der Waals surface area contributed by atoms with Crippen molar-refractivity contribution in [3.05, 3.63) is 12.2 Å². The van der Waals surface area contributed by atoms with Gasteiger partial charge in [0.2, 0.25) is 5.91 Å². The van der Waals surface area contributed by atoms with Gasteiger partial charge in [-0.1, -0.05) is 302 Å². The van der Waals surface area contributed by atoms with Crippen molar-refractivity contribution in [3.63, 3.8) is 0 Å². The van der Waals surface area contributed by atoms with Gasteiger partial charge in [0.15, 0.2) is 18.9 Å². The van der Waals surface area contributed by atoms with Crippen LogP contribution in [0.1, 0.15) is 335 Å². The van der Waals surface area contributed by atoms with Crippen LogP contribution in [-0.2, 0) is 33.2 Å². The summed E-state index contributed by atoms with van der Waals surface area (Å²) < 4.78 is 34.5. The second-order valence-electron chi connectivity index (χ2n) is 28.5. The molecule has 3 saturated heterocycles. The Morgan fingerprint density at radius 3 is 1.02 bits per heavy atom. The van der Waals surface area contributed by atoms with Crippen LogP contribution in [0, 0.1) is 0 Å². The van der Waals surface area contributed by atoms with E-state index in [9.17, 15) is 61.0 Å². The van der Waals surface area contributed by atoms with Gasteiger partial charge in [-0.15, -0.1) is 0 Å². The number of nitrogens with one attached hydrogen (secondary N) is 1. The Bertz CT molecular complexity index is 1770. The first-order valence-electron chi connectivity index (χ1n) is 39.4. The first-order chi connectivity index (χ1) is 46.3. The molecule has 0 bridgehead atoms. The van der Waals surface area contributed by atoms with Crippen LogP contribution in [-0.4, -0.2) is 193 Å². The summed E-state index contributed by atoms with van der Waals surface area (Å²) >= 11 is 0. The van der Waals surface area contributed by atoms with Gasteiger partial charge in [0, 0.05) is 6.42 Å². The van der Waals surface area contributed by atoms with Crippen molar-refractivity contribution in [1.82, 2.24) is 5.32 Å². The van der Waals surface area contributed by atoms with Crippen LogP contribution < -0.4 is 5.32 Å². The van der Waals surface area contributed by atoms with E-state index in [2.05, 4.69) is 31.3 Å². The molecule has 562 valence electrons. The van der Waals surface area contributed by atoms with E-state index in [0.717, 1.165) is 44.9 Å². The highest BCUT2D eigenvalue weighted by Crippen LogP contribution is 2.33. The summed E-state index contributed by atoms with van der Waals surface area (Å²) in [7, 11) is 0. The summed E-state index contributed by atoms with van der Waals surface area (Å²) in [5.41, 5.74) is 0. The number of hydrogen-bond donors (Lipinski definition) is 12. The molecule has 3 aliphatic rings. The molecule has 12 N–H and O–H groups in total. The third kappa shape index (κ3) is 39.0. The molecule has 3 heterocycles. The molecule has 0 aromatic heterocycles. The van der Waals surface area contributed by atoms with E-state index in [1.807, 2.05) is 0 Å². The van der Waals surface area contributed by atoms with Crippen LogP contribution in [0.25, 0.3) is 0 Å². The van der Waals surface area contributed by atoms with E-state index in [-0.39, 0.29) is 18.9 Å². The third-order valence-corrected chi connectivity index (χ3v) is 20.1. The summed E-state index contributed by atoms with van der Waals surface area (Å²) in [5, 5.41) is 121. The van der Waals surface area contributed by atoms with Gasteiger partial charge in [-0.3, -0.25) is 4.79 Å². The predicted octanol–water partition coefficient (Wildman–Crippen LogP) is 12.4. The number of allylic oxidation sites excluding steroid dienone is 2. The highest BCUT2D eigenvalue weighted by molar-refractivity contribution is 5.76. The number of hydrogen-bond acceptors (Lipinski definition) is 18. The molecule has 3 rings (SSSR count). The number of unbranched alkanes of at least 4 members (excludes halogenated alkanes) is 45. The average Bonchev–Trinajstić information content (AvgIpc) is 0.787. The maximum absolute atomic E-state index is 13.5. The maximum Gasteiger partial charge on any atom is 0.220 e. The Kier molecular flexibility index (Phi) is 53.6. The van der Waals surface area contributed by atoms with E-state index in [1.165, 1.54) is 257 Å². The van der Waals surface area contributed by atoms with E-state index in [0.29, 0.717) is 12.8 Å². The molecule has 17 unspecified atom stereocenters. The van der Waals surface area contributed by atoms with E-state index < -0.39 is 124 Å². The molecule has 0 saturated carbocycles. The zero-order chi connectivity index (χ0) is 68.9. The molecule has 3 fully saturated rings. The Balaban J connectivity index is 1.38. The second kappa shape index (κ2) is 58.1. The van der Waals surface area contributed by atoms with Crippen molar-refractivity contribution in [2.75, 3.05) is 26.4 Å². The van der Waals surface area contributed by atoms with Gasteiger partial charge in [-0.2, -0.15) is 0 Å². The highest BCUT2D eigenvalue weighted by Gasteiger charge is 2.54. The number of rotatable bonds is 63. The topological polar surface area (TPSA) is 307 Å². The van der Waals surface area contributed by atoms with Crippen molar-refractivity contribution >= 4 is 5.91 Å². The van der Waals surface area contributed by atoms with Gasteiger partial charge in [-0.05, 0) is 38.5 Å². The highest BCUT2D eigenvalue weighted by atomic mass is 16.8. The first-order valence-corrected chi connectivity index (χ1v) is 39.4. The Morgan fingerprint density at radius 1 is 0.368 bits per heavy atom. The van der Waals surface area contributed by atoms with Crippen LogP contribution in [0.2, 0.25) is 0 Å². The van der Waals surface area contributed by atoms with Crippen LogP contribution in [0.5, 0.6) is 0 Å². The summed E-state index contributed by atoms with van der Waals surface area (Å²) in [4.78, 5) is 13.5. The quantitative estimate of drug-likeness (QED) is 0.0199. The van der Waals surface area contributed by atoms with Crippen LogP contribution in [0.15, 0.2) is 12.2 Å². The molecular weight excluding hydrogens is 1210 g/mol. The van der Waals surface area contributed by atoms with Crippen molar-refractivity contribution in [2.45, 2.75) is 439 Å². The van der Waals surface area contributed by atoms with Crippen LogP contribution in [0.3, 0.4) is 0 Å². The summed E-state index contributed by atoms with van der Waals surface area (Å²) in [6.07, 6.45) is 40.1. The lowest BCUT2D eigenvalue weighted by molar-refractivity contribution is -0.379. The van der Waals surface area contributed by atoms with Crippen molar-refractivity contribution in [3.8, 4) is 0 Å². The minimum Gasteiger partial charge on any atom is -0.394 e. The monoisotopic (exact) mass is 1360 g/mol. The van der Waals surface area contributed by atoms with E-state index >= 15 is 0 Å². The van der Waals surface area contributed by atoms with Gasteiger partial charge in [0.05, 0.1) is 38.6 Å². The number of carbonyl (C=O) groups is 1. The molecule has 3 aliphatic heterocycles. The van der Waals surface area contributed by atoms with Gasteiger partial charge in [0.25, 0.3) is 0 Å². The molecule has 0 aromatic carbocycles. The first kappa shape index (κ1) is 87.7. The van der Waals surface area contributed by atoms with Crippen molar-refractivity contribution in [1.29, 1.82) is 0 Å². The molecule has 95 heavy (non-hydrogen) atoms. The zero-order valence-corrected chi connectivity index (χ0v) is 59.9. The van der Waals surface area contributed by atoms with E-state index in [1.54, 1.807) is 0 Å². The number of amides is 1. The fraction of sp³-hybridized carbons (Fsp3) is 0.961. The van der Waals surface area contributed by atoms with Crippen LogP contribution >= 0.6 is 0 Å². The maximum atomic E-state index is 13.5. The molecular formula is C76H145NO18. The van der Waals surface area contributed by atoms with Gasteiger partial charge in [0.1, 0.15) is 73.2 Å². The molecule has 0 radical (unpaired) electrons. The molecule has 1 amide bonds. The normalized spacial score (nSPS) is 27.2. The molecule has 19 heteroatoms. The number of ether oxygens (including phenoxy) is 6. The van der Waals surface area contributed by atoms with Gasteiger partial charge >= 0.3 is 0 Å². The standard InChI is InChI=1S/C76H145NO18/c1-3-5-7-9-11-13-15-17-19-21-23-25-27-29-31-33-35-37-39-41-43-45-47-49-51-53-60(81)59(77-64(82)54-52-50-48-46-44-42-40-38-36-34-32-30-28-26-24-22-20-18-16-14-12-10-8-6-4-2)58-90-74-70(88)67(85)72(62(56-79)92-74)95-76-71(89)68(86)73(63(57-80)93-76)94-75-69(87)66(84)65(83)61(55-78)91-75/h22,24,59-63,65-76,78-81,83-89H,3-21,23,25-58H2,1-2H3,(H,77,82)/b24-22-. The Hall–Kier alpha value is -1.47. The minimum absolute atomic E-state index is 0.236.